The average molecular weight is 179 g/mol. The van der Waals surface area contributed by atoms with Crippen LogP contribution < -0.4 is 0 Å². The zero-order valence-electron chi connectivity index (χ0n) is 6.39. The molecular formula is C7H5N3O3. The lowest BCUT2D eigenvalue weighted by Crippen LogP contribution is -1.88. The lowest BCUT2D eigenvalue weighted by atomic mass is 10.2. The molecule has 66 valence electrons. The molecule has 0 saturated carbocycles. The van der Waals surface area contributed by atoms with Gasteiger partial charge in [0.2, 0.25) is 0 Å². The third-order valence-corrected chi connectivity index (χ3v) is 1.73. The molecule has 0 aliphatic rings. The molecule has 2 aromatic rings. The van der Waals surface area contributed by atoms with Gasteiger partial charge in [-0.1, -0.05) is 0 Å². The molecule has 1 heterocycles. The van der Waals surface area contributed by atoms with E-state index in [0.717, 1.165) is 0 Å². The van der Waals surface area contributed by atoms with Gasteiger partial charge in [-0.25, -0.2) is 0 Å². The Morgan fingerprint density at radius 3 is 3.00 bits per heavy atom. The molecule has 6 heteroatoms. The minimum atomic E-state index is -0.643. The number of fused-ring (bicyclic) bond motifs is 1. The van der Waals surface area contributed by atoms with Crippen molar-refractivity contribution in [2.24, 2.45) is 0 Å². The van der Waals surface area contributed by atoms with E-state index in [9.17, 15) is 15.2 Å². The summed E-state index contributed by atoms with van der Waals surface area (Å²) in [6, 6.07) is 2.55. The van der Waals surface area contributed by atoms with Crippen LogP contribution in [0.2, 0.25) is 0 Å². The Bertz CT molecular complexity index is 477. The van der Waals surface area contributed by atoms with Crippen LogP contribution in [-0.2, 0) is 0 Å². The minimum Gasteiger partial charge on any atom is -0.502 e. The molecule has 0 fully saturated rings. The van der Waals surface area contributed by atoms with Crippen LogP contribution in [0, 0.1) is 10.1 Å². The number of nitrogens with one attached hydrogen (secondary N) is 1. The van der Waals surface area contributed by atoms with Crippen LogP contribution in [0.3, 0.4) is 0 Å². The number of H-pyrrole nitrogens is 1. The molecule has 2 rings (SSSR count). The predicted molar refractivity (Wildman–Crippen MR) is 44.4 cm³/mol. The average Bonchev–Trinajstić information content (AvgIpc) is 2.48. The number of aromatic amines is 1. The zero-order valence-corrected chi connectivity index (χ0v) is 6.39. The van der Waals surface area contributed by atoms with Crippen molar-refractivity contribution in [2.45, 2.75) is 0 Å². The third-order valence-electron chi connectivity index (χ3n) is 1.73. The maximum Gasteiger partial charge on any atom is 0.312 e. The van der Waals surface area contributed by atoms with E-state index in [-0.39, 0.29) is 11.4 Å². The molecule has 0 bridgehead atoms. The van der Waals surface area contributed by atoms with Crippen LogP contribution in [-0.4, -0.2) is 20.2 Å². The van der Waals surface area contributed by atoms with E-state index in [1.165, 1.54) is 18.3 Å². The van der Waals surface area contributed by atoms with Gasteiger partial charge in [0.1, 0.15) is 0 Å². The number of phenolic OH excluding ortho intramolecular Hbond substituents is 1. The van der Waals surface area contributed by atoms with E-state index in [1.807, 2.05) is 0 Å². The Hall–Kier alpha value is -2.11. The summed E-state index contributed by atoms with van der Waals surface area (Å²) in [4.78, 5) is 9.76. The third kappa shape index (κ3) is 1.08. The fraction of sp³-hybridized carbons (Fsp3) is 0. The van der Waals surface area contributed by atoms with Crippen molar-refractivity contribution in [2.75, 3.05) is 0 Å². The number of aromatic nitrogens is 2. The summed E-state index contributed by atoms with van der Waals surface area (Å²) in [5, 5.41) is 26.5. The van der Waals surface area contributed by atoms with Gasteiger partial charge in [0, 0.05) is 11.5 Å². The summed E-state index contributed by atoms with van der Waals surface area (Å²) in [7, 11) is 0. The van der Waals surface area contributed by atoms with E-state index in [2.05, 4.69) is 10.2 Å². The van der Waals surface area contributed by atoms with E-state index in [0.29, 0.717) is 10.9 Å². The lowest BCUT2D eigenvalue weighted by molar-refractivity contribution is -0.385. The van der Waals surface area contributed by atoms with Gasteiger partial charge in [-0.3, -0.25) is 15.2 Å². The van der Waals surface area contributed by atoms with Gasteiger partial charge in [0.05, 0.1) is 16.6 Å². The number of nitrogens with zero attached hydrogens (tertiary/aromatic N) is 2. The Kier molecular flexibility index (Phi) is 1.42. The second kappa shape index (κ2) is 2.44. The number of hydrogen-bond acceptors (Lipinski definition) is 4. The number of benzene rings is 1. The maximum absolute atomic E-state index is 10.4. The predicted octanol–water partition coefficient (Wildman–Crippen LogP) is 1.18. The monoisotopic (exact) mass is 179 g/mol. The maximum atomic E-state index is 10.4. The quantitative estimate of drug-likeness (QED) is 0.507. The number of phenols is 1. The molecule has 6 nitrogen and oxygen atoms in total. The zero-order chi connectivity index (χ0) is 9.42. The summed E-state index contributed by atoms with van der Waals surface area (Å²) in [5.74, 6) is -0.348. The van der Waals surface area contributed by atoms with Crippen molar-refractivity contribution in [1.29, 1.82) is 0 Å². The standard InChI is InChI=1S/C7H5N3O3/c11-7-1-4-3-8-9-5(4)2-6(7)10(12)13/h1-3,11H,(H,8,9). The second-order valence-corrected chi connectivity index (χ2v) is 2.56. The van der Waals surface area contributed by atoms with Gasteiger partial charge < -0.3 is 5.11 Å². The summed E-state index contributed by atoms with van der Waals surface area (Å²) < 4.78 is 0. The smallest absolute Gasteiger partial charge is 0.312 e. The van der Waals surface area contributed by atoms with Crippen molar-refractivity contribution in [1.82, 2.24) is 10.2 Å². The van der Waals surface area contributed by atoms with Gasteiger partial charge in [0.15, 0.2) is 5.75 Å². The van der Waals surface area contributed by atoms with Crippen molar-refractivity contribution < 1.29 is 10.0 Å². The van der Waals surface area contributed by atoms with Crippen molar-refractivity contribution >= 4 is 16.6 Å². The van der Waals surface area contributed by atoms with Gasteiger partial charge in [0.25, 0.3) is 0 Å². The summed E-state index contributed by atoms with van der Waals surface area (Å²) in [6.07, 6.45) is 1.48. The molecule has 0 aliphatic carbocycles. The Morgan fingerprint density at radius 1 is 1.54 bits per heavy atom. The Balaban J connectivity index is 2.76. The van der Waals surface area contributed by atoms with Crippen molar-refractivity contribution in [3.8, 4) is 5.75 Å². The molecule has 0 saturated heterocycles. The second-order valence-electron chi connectivity index (χ2n) is 2.56. The van der Waals surface area contributed by atoms with Gasteiger partial charge >= 0.3 is 5.69 Å². The first-order chi connectivity index (χ1) is 6.18. The molecule has 0 aliphatic heterocycles. The number of nitro benzene ring substituents is 1. The lowest BCUT2D eigenvalue weighted by Gasteiger charge is -1.94. The number of aromatic hydroxyl groups is 1. The summed E-state index contributed by atoms with van der Waals surface area (Å²) in [6.45, 7) is 0. The molecular weight excluding hydrogens is 174 g/mol. The fourth-order valence-corrected chi connectivity index (χ4v) is 1.11. The first-order valence-corrected chi connectivity index (χ1v) is 3.49. The van der Waals surface area contributed by atoms with Crippen LogP contribution in [0.5, 0.6) is 5.75 Å². The highest BCUT2D eigenvalue weighted by Crippen LogP contribution is 2.29. The Labute approximate surface area is 72.0 Å². The van der Waals surface area contributed by atoms with E-state index in [1.54, 1.807) is 0 Å². The SMILES string of the molecule is O=[N+]([O-])c1cc2[nH]ncc2cc1O. The molecule has 13 heavy (non-hydrogen) atoms. The van der Waals surface area contributed by atoms with Crippen molar-refractivity contribution in [3.63, 3.8) is 0 Å². The van der Waals surface area contributed by atoms with Gasteiger partial charge in [-0.05, 0) is 6.07 Å². The van der Waals surface area contributed by atoms with E-state index in [4.69, 9.17) is 0 Å². The van der Waals surface area contributed by atoms with E-state index < -0.39 is 4.92 Å². The highest BCUT2D eigenvalue weighted by atomic mass is 16.6. The van der Waals surface area contributed by atoms with Crippen LogP contribution >= 0.6 is 0 Å². The molecule has 0 atom stereocenters. The van der Waals surface area contributed by atoms with Gasteiger partial charge in [-0.15, -0.1) is 0 Å². The highest BCUT2D eigenvalue weighted by Gasteiger charge is 2.14. The molecule has 2 N–H and O–H groups in total. The van der Waals surface area contributed by atoms with Crippen molar-refractivity contribution in [3.05, 3.63) is 28.4 Å². The first-order valence-electron chi connectivity index (χ1n) is 3.49. The molecule has 1 aromatic carbocycles. The normalized spacial score (nSPS) is 10.5. The largest absolute Gasteiger partial charge is 0.502 e. The highest BCUT2D eigenvalue weighted by molar-refractivity contribution is 5.83. The molecule has 0 amide bonds. The topological polar surface area (TPSA) is 92.0 Å². The first kappa shape index (κ1) is 7.53. The van der Waals surface area contributed by atoms with Crippen LogP contribution in [0.25, 0.3) is 10.9 Å². The molecule has 1 aromatic heterocycles. The van der Waals surface area contributed by atoms with Crippen LogP contribution in [0.15, 0.2) is 18.3 Å². The molecule has 0 radical (unpaired) electrons. The summed E-state index contributed by atoms with van der Waals surface area (Å²) >= 11 is 0. The molecule has 0 unspecified atom stereocenters. The van der Waals surface area contributed by atoms with Gasteiger partial charge in [-0.2, -0.15) is 5.10 Å². The summed E-state index contributed by atoms with van der Waals surface area (Å²) in [5.41, 5.74) is 0.209. The number of rotatable bonds is 1. The molecule has 0 spiro atoms. The van der Waals surface area contributed by atoms with E-state index >= 15 is 0 Å². The van der Waals surface area contributed by atoms with Crippen LogP contribution in [0.1, 0.15) is 0 Å². The fourth-order valence-electron chi connectivity index (χ4n) is 1.11. The van der Waals surface area contributed by atoms with Crippen LogP contribution in [0.4, 0.5) is 5.69 Å². The number of nitro groups is 1. The Morgan fingerprint density at radius 2 is 2.31 bits per heavy atom. The minimum absolute atomic E-state index is 0.322. The number of hydrogen-bond donors (Lipinski definition) is 2.